The Kier molecular flexibility index (Phi) is 2.66. The van der Waals surface area contributed by atoms with Crippen molar-refractivity contribution < 1.29 is 4.74 Å². The zero-order valence-electron chi connectivity index (χ0n) is 11.4. The maximum absolute atomic E-state index is 6.08. The molecule has 0 atom stereocenters. The number of hydrogen-bond acceptors (Lipinski definition) is 4. The van der Waals surface area contributed by atoms with Gasteiger partial charge in [0.25, 0.3) is 0 Å². The zero-order valence-corrected chi connectivity index (χ0v) is 11.4. The summed E-state index contributed by atoms with van der Waals surface area (Å²) in [5.41, 5.74) is 2.91. The Balaban J connectivity index is 2.16. The first kappa shape index (κ1) is 12.0. The molecule has 4 nitrogen and oxygen atoms in total. The van der Waals surface area contributed by atoms with E-state index in [4.69, 9.17) is 4.74 Å². The second-order valence-electron chi connectivity index (χ2n) is 5.34. The summed E-state index contributed by atoms with van der Waals surface area (Å²) in [5.74, 6) is 1.70. The van der Waals surface area contributed by atoms with E-state index in [9.17, 15) is 0 Å². The van der Waals surface area contributed by atoms with Gasteiger partial charge in [0.1, 0.15) is 17.0 Å². The van der Waals surface area contributed by atoms with Crippen LogP contribution in [0.1, 0.15) is 19.4 Å². The molecule has 0 unspecified atom stereocenters. The third-order valence-corrected chi connectivity index (χ3v) is 3.28. The molecule has 3 rings (SSSR count). The van der Waals surface area contributed by atoms with Crippen LogP contribution in [0.2, 0.25) is 0 Å². The molecule has 98 valence electrons. The lowest BCUT2D eigenvalue weighted by molar-refractivity contribution is 0.139. The van der Waals surface area contributed by atoms with Crippen molar-refractivity contribution in [3.05, 3.63) is 36.2 Å². The van der Waals surface area contributed by atoms with E-state index in [1.807, 2.05) is 19.2 Å². The van der Waals surface area contributed by atoms with Gasteiger partial charge in [0.2, 0.25) is 0 Å². The monoisotopic (exact) mass is 255 g/mol. The van der Waals surface area contributed by atoms with E-state index in [1.54, 1.807) is 12.4 Å². The minimum absolute atomic E-state index is 0.152. The van der Waals surface area contributed by atoms with Crippen LogP contribution >= 0.6 is 0 Å². The Bertz CT molecular complexity index is 623. The van der Waals surface area contributed by atoms with Gasteiger partial charge < -0.3 is 10.1 Å². The average molecular weight is 255 g/mol. The fourth-order valence-corrected chi connectivity index (χ4v) is 2.52. The quantitative estimate of drug-likeness (QED) is 0.896. The van der Waals surface area contributed by atoms with Crippen molar-refractivity contribution >= 4 is 5.82 Å². The van der Waals surface area contributed by atoms with Crippen LogP contribution in [0, 0.1) is 0 Å². The van der Waals surface area contributed by atoms with E-state index in [-0.39, 0.29) is 5.60 Å². The van der Waals surface area contributed by atoms with Crippen molar-refractivity contribution in [2.24, 2.45) is 0 Å². The first-order valence-electron chi connectivity index (χ1n) is 6.41. The summed E-state index contributed by atoms with van der Waals surface area (Å²) in [7, 11) is 1.85. The van der Waals surface area contributed by atoms with E-state index in [1.165, 1.54) is 5.56 Å². The molecule has 1 N–H and O–H groups in total. The van der Waals surface area contributed by atoms with Crippen LogP contribution in [0.25, 0.3) is 11.3 Å². The molecule has 0 amide bonds. The number of aromatic nitrogens is 2. The fourth-order valence-electron chi connectivity index (χ4n) is 2.52. The molecule has 1 aliphatic heterocycles. The maximum Gasteiger partial charge on any atom is 0.152 e. The summed E-state index contributed by atoms with van der Waals surface area (Å²) >= 11 is 0. The number of nitrogens with zero attached hydrogens (tertiary/aromatic N) is 2. The number of hydrogen-bond donors (Lipinski definition) is 1. The second kappa shape index (κ2) is 4.23. The zero-order chi connectivity index (χ0) is 13.5. The molecule has 0 aliphatic carbocycles. The van der Waals surface area contributed by atoms with E-state index >= 15 is 0 Å². The predicted octanol–water partition coefficient (Wildman–Crippen LogP) is 2.90. The van der Waals surface area contributed by atoms with Crippen molar-refractivity contribution in [3.63, 3.8) is 0 Å². The molecule has 0 bridgehead atoms. The van der Waals surface area contributed by atoms with Crippen LogP contribution in [0.15, 0.2) is 30.6 Å². The molecule has 19 heavy (non-hydrogen) atoms. The van der Waals surface area contributed by atoms with E-state index < -0.39 is 0 Å². The molecule has 2 heterocycles. The van der Waals surface area contributed by atoms with E-state index in [0.717, 1.165) is 29.2 Å². The van der Waals surface area contributed by atoms with Crippen molar-refractivity contribution in [2.75, 3.05) is 12.4 Å². The predicted molar refractivity (Wildman–Crippen MR) is 75.4 cm³/mol. The molecule has 4 heteroatoms. The highest BCUT2D eigenvalue weighted by molar-refractivity contribution is 5.77. The molecule has 1 aromatic carbocycles. The van der Waals surface area contributed by atoms with E-state index in [2.05, 4.69) is 35.2 Å². The van der Waals surface area contributed by atoms with Gasteiger partial charge >= 0.3 is 0 Å². The summed E-state index contributed by atoms with van der Waals surface area (Å²) in [6.45, 7) is 4.21. The summed E-state index contributed by atoms with van der Waals surface area (Å²) in [5, 5.41) is 3.08. The maximum atomic E-state index is 6.08. The molecule has 0 fully saturated rings. The fraction of sp³-hybridized carbons (Fsp3) is 0.333. The van der Waals surface area contributed by atoms with Gasteiger partial charge in [-0.1, -0.05) is 12.1 Å². The Morgan fingerprint density at radius 2 is 2.00 bits per heavy atom. The first-order chi connectivity index (χ1) is 9.11. The van der Waals surface area contributed by atoms with E-state index in [0.29, 0.717) is 0 Å². The Labute approximate surface area is 112 Å². The van der Waals surface area contributed by atoms with Gasteiger partial charge in [0, 0.05) is 31.4 Å². The second-order valence-corrected chi connectivity index (χ2v) is 5.34. The van der Waals surface area contributed by atoms with Gasteiger partial charge in [-0.2, -0.15) is 0 Å². The van der Waals surface area contributed by atoms with Gasteiger partial charge in [-0.15, -0.1) is 0 Å². The lowest BCUT2D eigenvalue weighted by Gasteiger charge is -2.18. The number of rotatable bonds is 2. The molecular formula is C15H17N3O. The Morgan fingerprint density at radius 1 is 1.21 bits per heavy atom. The molecule has 1 aliphatic rings. The molecule has 0 radical (unpaired) electrons. The number of benzene rings is 1. The molecule has 0 saturated heterocycles. The highest BCUT2D eigenvalue weighted by Gasteiger charge is 2.32. The smallest absolute Gasteiger partial charge is 0.152 e. The van der Waals surface area contributed by atoms with Gasteiger partial charge in [0.05, 0.1) is 0 Å². The molecule has 2 aromatic rings. The third kappa shape index (κ3) is 2.03. The van der Waals surface area contributed by atoms with Crippen molar-refractivity contribution in [1.29, 1.82) is 0 Å². The van der Waals surface area contributed by atoms with Crippen LogP contribution in [0.3, 0.4) is 0 Å². The van der Waals surface area contributed by atoms with Crippen molar-refractivity contribution in [1.82, 2.24) is 9.97 Å². The summed E-state index contributed by atoms with van der Waals surface area (Å²) in [6.07, 6.45) is 4.31. The third-order valence-electron chi connectivity index (χ3n) is 3.28. The Morgan fingerprint density at radius 3 is 2.79 bits per heavy atom. The van der Waals surface area contributed by atoms with Gasteiger partial charge in [0.15, 0.2) is 5.82 Å². The topological polar surface area (TPSA) is 47.0 Å². The number of nitrogens with one attached hydrogen (secondary N) is 1. The van der Waals surface area contributed by atoms with Gasteiger partial charge in [-0.25, -0.2) is 4.98 Å². The average Bonchev–Trinajstić information content (AvgIpc) is 2.72. The highest BCUT2D eigenvalue weighted by atomic mass is 16.5. The standard InChI is InChI=1S/C15H17N3O/c1-15(2)9-10-5-4-6-11(13(10)19-15)12-14(16-3)18-8-7-17-12/h4-8H,9H2,1-3H3,(H,16,18). The molecular weight excluding hydrogens is 238 g/mol. The van der Waals surface area contributed by atoms with Crippen LogP contribution in [-0.4, -0.2) is 22.6 Å². The van der Waals surface area contributed by atoms with Gasteiger partial charge in [-0.05, 0) is 25.5 Å². The van der Waals surface area contributed by atoms with Crippen LogP contribution in [-0.2, 0) is 6.42 Å². The lowest BCUT2D eigenvalue weighted by Crippen LogP contribution is -2.24. The van der Waals surface area contributed by atoms with Crippen molar-refractivity contribution in [3.8, 4) is 17.0 Å². The minimum Gasteiger partial charge on any atom is -0.487 e. The summed E-state index contributed by atoms with van der Waals surface area (Å²) in [4.78, 5) is 8.75. The highest BCUT2D eigenvalue weighted by Crippen LogP contribution is 2.42. The summed E-state index contributed by atoms with van der Waals surface area (Å²) < 4.78 is 6.08. The number of fused-ring (bicyclic) bond motifs is 1. The summed E-state index contributed by atoms with van der Waals surface area (Å²) in [6, 6.07) is 6.20. The van der Waals surface area contributed by atoms with Crippen LogP contribution in [0.5, 0.6) is 5.75 Å². The minimum atomic E-state index is -0.152. The lowest BCUT2D eigenvalue weighted by atomic mass is 9.99. The molecule has 0 saturated carbocycles. The van der Waals surface area contributed by atoms with Crippen LogP contribution in [0.4, 0.5) is 5.82 Å². The largest absolute Gasteiger partial charge is 0.487 e. The van der Waals surface area contributed by atoms with Gasteiger partial charge in [-0.3, -0.25) is 4.98 Å². The Hall–Kier alpha value is -2.10. The first-order valence-corrected chi connectivity index (χ1v) is 6.41. The molecule has 0 spiro atoms. The number of ether oxygens (including phenoxy) is 1. The molecule has 1 aromatic heterocycles. The number of para-hydroxylation sites is 1. The SMILES string of the molecule is CNc1nccnc1-c1cccc2c1OC(C)(C)C2. The number of anilines is 1. The van der Waals surface area contributed by atoms with Crippen molar-refractivity contribution in [2.45, 2.75) is 25.9 Å². The normalized spacial score (nSPS) is 15.7. The van der Waals surface area contributed by atoms with Crippen LogP contribution < -0.4 is 10.1 Å².